The van der Waals surface area contributed by atoms with E-state index >= 15 is 0 Å². The highest BCUT2D eigenvalue weighted by molar-refractivity contribution is 9.10. The molecule has 0 radical (unpaired) electrons. The fourth-order valence-corrected chi connectivity index (χ4v) is 2.97. The molecule has 1 amide bonds. The molecule has 0 saturated carbocycles. The van der Waals surface area contributed by atoms with Gasteiger partial charge in [0.25, 0.3) is 0 Å². The van der Waals surface area contributed by atoms with Gasteiger partial charge >= 0.3 is 0 Å². The first-order valence-corrected chi connectivity index (χ1v) is 8.76. The summed E-state index contributed by atoms with van der Waals surface area (Å²) in [6, 6.07) is 20.6. The van der Waals surface area contributed by atoms with Crippen LogP contribution in [0.25, 0.3) is 11.1 Å². The van der Waals surface area contributed by atoms with Crippen molar-refractivity contribution in [2.24, 2.45) is 0 Å². The maximum atomic E-state index is 14.7. The lowest BCUT2D eigenvalue weighted by Gasteiger charge is -2.10. The molecule has 1 N–H and O–H groups in total. The number of carbonyl (C=O) groups is 2. The highest BCUT2D eigenvalue weighted by Crippen LogP contribution is 2.27. The van der Waals surface area contributed by atoms with Crippen LogP contribution in [0.4, 0.5) is 10.1 Å². The maximum absolute atomic E-state index is 14.7. The second-order valence-electron chi connectivity index (χ2n) is 5.69. The summed E-state index contributed by atoms with van der Waals surface area (Å²) in [6.07, 6.45) is -0.356. The van der Waals surface area contributed by atoms with Gasteiger partial charge < -0.3 is 5.32 Å². The number of halogens is 2. The molecule has 0 aliphatic rings. The number of anilines is 1. The van der Waals surface area contributed by atoms with E-state index in [2.05, 4.69) is 21.2 Å². The van der Waals surface area contributed by atoms with Gasteiger partial charge in [-0.2, -0.15) is 0 Å². The van der Waals surface area contributed by atoms with E-state index in [9.17, 15) is 14.0 Å². The minimum Gasteiger partial charge on any atom is -0.323 e. The largest absolute Gasteiger partial charge is 0.323 e. The molecular weight excluding hydrogens is 397 g/mol. The third-order valence-electron chi connectivity index (χ3n) is 3.83. The summed E-state index contributed by atoms with van der Waals surface area (Å²) in [6.45, 7) is 0. The Bertz CT molecular complexity index is 957. The number of ketones is 1. The van der Waals surface area contributed by atoms with Crippen LogP contribution in [0.3, 0.4) is 0 Å². The molecular formula is C21H15BrFNO2. The first-order chi connectivity index (χ1) is 12.5. The number of benzene rings is 3. The van der Waals surface area contributed by atoms with Crippen LogP contribution in [-0.4, -0.2) is 11.7 Å². The highest BCUT2D eigenvalue weighted by atomic mass is 79.9. The summed E-state index contributed by atoms with van der Waals surface area (Å²) in [5.41, 5.74) is 1.58. The van der Waals surface area contributed by atoms with Crippen molar-refractivity contribution in [3.05, 3.63) is 88.6 Å². The smallest absolute Gasteiger partial charge is 0.232 e. The summed E-state index contributed by atoms with van der Waals surface area (Å²) in [4.78, 5) is 24.4. The Morgan fingerprint density at radius 3 is 2.38 bits per heavy atom. The second-order valence-corrected chi connectivity index (χ2v) is 6.61. The minimum atomic E-state index is -0.556. The van der Waals surface area contributed by atoms with Crippen LogP contribution >= 0.6 is 15.9 Å². The van der Waals surface area contributed by atoms with Gasteiger partial charge in [-0.15, -0.1) is 0 Å². The molecule has 3 rings (SSSR count). The average Bonchev–Trinajstić information content (AvgIpc) is 2.64. The lowest BCUT2D eigenvalue weighted by molar-refractivity contribution is -0.115. The lowest BCUT2D eigenvalue weighted by Crippen LogP contribution is -2.17. The summed E-state index contributed by atoms with van der Waals surface area (Å²) < 4.78 is 15.5. The van der Waals surface area contributed by atoms with Crippen LogP contribution in [0.2, 0.25) is 0 Å². The van der Waals surface area contributed by atoms with Gasteiger partial charge in [0, 0.05) is 15.6 Å². The fraction of sp³-hybridized carbons (Fsp3) is 0.0476. The van der Waals surface area contributed by atoms with Crippen LogP contribution < -0.4 is 5.32 Å². The van der Waals surface area contributed by atoms with Gasteiger partial charge in [-0.1, -0.05) is 70.5 Å². The number of nitrogens with one attached hydrogen (secondary N) is 1. The third kappa shape index (κ3) is 4.24. The zero-order valence-electron chi connectivity index (χ0n) is 13.7. The Morgan fingerprint density at radius 1 is 0.923 bits per heavy atom. The molecule has 3 nitrogen and oxygen atoms in total. The van der Waals surface area contributed by atoms with Gasteiger partial charge in [0.15, 0.2) is 11.6 Å². The molecule has 3 aromatic rings. The van der Waals surface area contributed by atoms with Gasteiger partial charge in [-0.05, 0) is 23.8 Å². The Hall–Kier alpha value is -2.79. The summed E-state index contributed by atoms with van der Waals surface area (Å²) >= 11 is 3.29. The Morgan fingerprint density at radius 2 is 1.65 bits per heavy atom. The topological polar surface area (TPSA) is 46.2 Å². The van der Waals surface area contributed by atoms with Crippen molar-refractivity contribution >= 4 is 33.3 Å². The van der Waals surface area contributed by atoms with Gasteiger partial charge in [0.1, 0.15) is 0 Å². The van der Waals surface area contributed by atoms with E-state index in [0.29, 0.717) is 16.7 Å². The number of hydrogen-bond donors (Lipinski definition) is 1. The number of Topliss-reactive ketones (excluding diaryl/α,β-unsaturated/α-hetero) is 1. The fourth-order valence-electron chi connectivity index (χ4n) is 2.57. The van der Waals surface area contributed by atoms with Gasteiger partial charge in [-0.3, -0.25) is 9.59 Å². The maximum Gasteiger partial charge on any atom is 0.232 e. The molecule has 0 spiro atoms. The number of amides is 1. The predicted octanol–water partition coefficient (Wildman–Crippen LogP) is 5.47. The molecule has 0 bridgehead atoms. The third-order valence-corrected chi connectivity index (χ3v) is 4.32. The van der Waals surface area contributed by atoms with Crippen molar-refractivity contribution in [3.8, 4) is 11.1 Å². The first kappa shape index (κ1) is 18.0. The molecule has 0 aromatic heterocycles. The molecule has 130 valence electrons. The standard InChI is InChI=1S/C21H15BrFNO2/c22-16-9-4-8-15(12-16)19(25)13-20(26)24-18-11-5-10-17(21(18)23)14-6-2-1-3-7-14/h1-12H,13H2,(H,24,26). The van der Waals surface area contributed by atoms with Gasteiger partial charge in [-0.25, -0.2) is 4.39 Å². The molecule has 0 unspecified atom stereocenters. The SMILES string of the molecule is O=C(CC(=O)c1cccc(Br)c1)Nc1cccc(-c2ccccc2)c1F. The van der Waals surface area contributed by atoms with Gasteiger partial charge in [0.05, 0.1) is 12.1 Å². The Labute approximate surface area is 159 Å². The molecule has 0 atom stereocenters. The second kappa shape index (κ2) is 8.06. The number of rotatable bonds is 5. The number of hydrogen-bond acceptors (Lipinski definition) is 2. The normalized spacial score (nSPS) is 10.4. The van der Waals surface area contributed by atoms with Crippen molar-refractivity contribution in [1.29, 1.82) is 0 Å². The van der Waals surface area contributed by atoms with Crippen LogP contribution in [0.1, 0.15) is 16.8 Å². The quantitative estimate of drug-likeness (QED) is 0.447. The van der Waals surface area contributed by atoms with Crippen molar-refractivity contribution in [2.75, 3.05) is 5.32 Å². The van der Waals surface area contributed by atoms with Crippen LogP contribution in [0, 0.1) is 5.82 Å². The average molecular weight is 412 g/mol. The van der Waals surface area contributed by atoms with Crippen molar-refractivity contribution in [1.82, 2.24) is 0 Å². The molecule has 3 aromatic carbocycles. The highest BCUT2D eigenvalue weighted by Gasteiger charge is 2.15. The van der Waals surface area contributed by atoms with E-state index in [1.165, 1.54) is 6.07 Å². The summed E-state index contributed by atoms with van der Waals surface area (Å²) in [7, 11) is 0. The summed E-state index contributed by atoms with van der Waals surface area (Å²) in [5, 5.41) is 2.49. The molecule has 0 aliphatic carbocycles. The Balaban J connectivity index is 1.75. The zero-order chi connectivity index (χ0) is 18.5. The van der Waals surface area contributed by atoms with Crippen LogP contribution in [-0.2, 0) is 4.79 Å². The van der Waals surface area contributed by atoms with Crippen molar-refractivity contribution < 1.29 is 14.0 Å². The monoisotopic (exact) mass is 411 g/mol. The van der Waals surface area contributed by atoms with Gasteiger partial charge in [0.2, 0.25) is 5.91 Å². The van der Waals surface area contributed by atoms with E-state index in [-0.39, 0.29) is 17.9 Å². The van der Waals surface area contributed by atoms with E-state index < -0.39 is 11.7 Å². The molecule has 5 heteroatoms. The van der Waals surface area contributed by atoms with Crippen LogP contribution in [0.15, 0.2) is 77.3 Å². The molecule has 0 aliphatic heterocycles. The first-order valence-electron chi connectivity index (χ1n) is 7.97. The minimum absolute atomic E-state index is 0.0541. The molecule has 0 saturated heterocycles. The molecule has 0 heterocycles. The van der Waals surface area contributed by atoms with Crippen molar-refractivity contribution in [2.45, 2.75) is 6.42 Å². The Kier molecular flexibility index (Phi) is 5.58. The predicted molar refractivity (Wildman–Crippen MR) is 104 cm³/mol. The lowest BCUT2D eigenvalue weighted by atomic mass is 10.0. The van der Waals surface area contributed by atoms with Crippen LogP contribution in [0.5, 0.6) is 0 Å². The number of carbonyl (C=O) groups excluding carboxylic acids is 2. The van der Waals surface area contributed by atoms with E-state index in [1.807, 2.05) is 18.2 Å². The van der Waals surface area contributed by atoms with E-state index in [1.54, 1.807) is 48.5 Å². The van der Waals surface area contributed by atoms with E-state index in [0.717, 1.165) is 4.47 Å². The molecule has 26 heavy (non-hydrogen) atoms. The summed E-state index contributed by atoms with van der Waals surface area (Å²) in [5.74, 6) is -1.41. The van der Waals surface area contributed by atoms with Crippen molar-refractivity contribution in [3.63, 3.8) is 0 Å². The molecule has 0 fully saturated rings. The van der Waals surface area contributed by atoms with E-state index in [4.69, 9.17) is 0 Å². The zero-order valence-corrected chi connectivity index (χ0v) is 15.3.